The highest BCUT2D eigenvalue weighted by atomic mass is 35.5. The summed E-state index contributed by atoms with van der Waals surface area (Å²) in [4.78, 5) is 4.55. The molecule has 0 aliphatic heterocycles. The van der Waals surface area contributed by atoms with Crippen molar-refractivity contribution in [1.29, 1.82) is 0 Å². The van der Waals surface area contributed by atoms with E-state index in [0.29, 0.717) is 49.6 Å². The lowest BCUT2D eigenvalue weighted by Gasteiger charge is -2.17. The monoisotopic (exact) mass is 555 g/mol. The van der Waals surface area contributed by atoms with Crippen LogP contribution in [-0.4, -0.2) is 39.2 Å². The zero-order chi connectivity index (χ0) is 26.5. The van der Waals surface area contributed by atoms with Crippen molar-refractivity contribution >= 4 is 33.0 Å². The first-order valence-corrected chi connectivity index (χ1v) is 13.7. The van der Waals surface area contributed by atoms with Crippen LogP contribution in [0.5, 0.6) is 0 Å². The number of benzene rings is 3. The first-order chi connectivity index (χ1) is 17.5. The lowest BCUT2D eigenvalue weighted by atomic mass is 10.0. The molecule has 5 aromatic rings. The molecule has 37 heavy (non-hydrogen) atoms. The lowest BCUT2D eigenvalue weighted by Crippen LogP contribution is -2.10. The van der Waals surface area contributed by atoms with Crippen LogP contribution >= 0.6 is 23.2 Å². The van der Waals surface area contributed by atoms with Crippen molar-refractivity contribution < 1.29 is 12.8 Å². The van der Waals surface area contributed by atoms with Crippen molar-refractivity contribution in [3.05, 3.63) is 94.4 Å². The van der Waals surface area contributed by atoms with Crippen LogP contribution in [0.2, 0.25) is 10.0 Å². The maximum absolute atomic E-state index is 16.0. The summed E-state index contributed by atoms with van der Waals surface area (Å²) >= 11 is 12.6. The highest BCUT2D eigenvalue weighted by Crippen LogP contribution is 2.36. The van der Waals surface area contributed by atoms with Gasteiger partial charge in [0.15, 0.2) is 9.84 Å². The molecule has 2 aromatic heterocycles. The van der Waals surface area contributed by atoms with Crippen molar-refractivity contribution in [2.75, 3.05) is 6.26 Å². The molecule has 0 N–H and O–H groups in total. The van der Waals surface area contributed by atoms with E-state index >= 15 is 4.39 Å². The van der Waals surface area contributed by atoms with Crippen LogP contribution in [0.1, 0.15) is 11.5 Å². The van der Waals surface area contributed by atoms with Crippen molar-refractivity contribution in [2.45, 2.75) is 18.7 Å². The van der Waals surface area contributed by atoms with Gasteiger partial charge in [0.25, 0.3) is 0 Å². The minimum atomic E-state index is -3.46. The van der Waals surface area contributed by atoms with Gasteiger partial charge in [0.2, 0.25) is 0 Å². The fraction of sp³-hybridized carbons (Fsp3) is 0.115. The zero-order valence-electron chi connectivity index (χ0n) is 19.9. The number of rotatable bonds is 5. The number of hydrogen-bond donors (Lipinski definition) is 0. The standard InChI is InChI=1S/C26H20Cl2FN5O2S/c1-15-14-33(16(2)31-15)26-23(29)10-18(17-5-4-6-20(9-17)37(3,35)36)11-24(26)34-25(13-30-32-34)21-8-7-19(27)12-22(21)28/h4-14H,1-3H3. The number of aromatic nitrogens is 5. The van der Waals surface area contributed by atoms with Crippen LogP contribution in [0, 0.1) is 19.7 Å². The minimum Gasteiger partial charge on any atom is -0.299 e. The molecule has 2 heterocycles. The lowest BCUT2D eigenvalue weighted by molar-refractivity contribution is 0.602. The van der Waals surface area contributed by atoms with Gasteiger partial charge in [-0.3, -0.25) is 4.57 Å². The van der Waals surface area contributed by atoms with Crippen molar-refractivity contribution in [1.82, 2.24) is 24.5 Å². The molecule has 0 bridgehead atoms. The molecule has 0 fully saturated rings. The van der Waals surface area contributed by atoms with Gasteiger partial charge in [0.1, 0.15) is 17.3 Å². The van der Waals surface area contributed by atoms with Gasteiger partial charge in [-0.05, 0) is 67.4 Å². The molecule has 0 atom stereocenters. The maximum Gasteiger partial charge on any atom is 0.175 e. The fourth-order valence-electron chi connectivity index (χ4n) is 4.20. The SMILES string of the molecule is Cc1cn(-c2c(F)cc(-c3cccc(S(C)(=O)=O)c3)cc2-n2nncc2-c2ccc(Cl)cc2Cl)c(C)n1. The van der Waals surface area contributed by atoms with E-state index in [2.05, 4.69) is 15.3 Å². The summed E-state index contributed by atoms with van der Waals surface area (Å²) in [7, 11) is -3.46. The van der Waals surface area contributed by atoms with Crippen LogP contribution in [0.25, 0.3) is 33.8 Å². The van der Waals surface area contributed by atoms with E-state index in [4.69, 9.17) is 23.2 Å². The molecule has 0 saturated heterocycles. The van der Waals surface area contributed by atoms with Gasteiger partial charge in [0.05, 0.1) is 33.2 Å². The van der Waals surface area contributed by atoms with Gasteiger partial charge in [0, 0.05) is 23.0 Å². The van der Waals surface area contributed by atoms with Gasteiger partial charge in [-0.15, -0.1) is 5.10 Å². The van der Waals surface area contributed by atoms with E-state index in [0.717, 1.165) is 6.26 Å². The number of halogens is 3. The summed E-state index contributed by atoms with van der Waals surface area (Å²) in [5.74, 6) is 0.0251. The third kappa shape index (κ3) is 4.77. The first kappa shape index (κ1) is 25.1. The molecule has 7 nitrogen and oxygen atoms in total. The molecule has 0 aliphatic carbocycles. The molecule has 188 valence electrons. The van der Waals surface area contributed by atoms with Crippen LogP contribution in [0.4, 0.5) is 4.39 Å². The summed E-state index contributed by atoms with van der Waals surface area (Å²) in [6, 6.07) is 14.5. The van der Waals surface area contributed by atoms with E-state index < -0.39 is 15.7 Å². The molecule has 0 spiro atoms. The molecular weight excluding hydrogens is 536 g/mol. The minimum absolute atomic E-state index is 0.131. The molecule has 5 rings (SSSR count). The van der Waals surface area contributed by atoms with Gasteiger partial charge in [-0.1, -0.05) is 40.5 Å². The molecule has 0 radical (unpaired) electrons. The van der Waals surface area contributed by atoms with E-state index in [9.17, 15) is 8.42 Å². The van der Waals surface area contributed by atoms with Gasteiger partial charge >= 0.3 is 0 Å². The van der Waals surface area contributed by atoms with Crippen molar-refractivity contribution in [3.8, 4) is 33.8 Å². The molecule has 0 aliphatic rings. The van der Waals surface area contributed by atoms with Crippen molar-refractivity contribution in [2.24, 2.45) is 0 Å². The second-order valence-corrected chi connectivity index (χ2v) is 11.4. The summed E-state index contributed by atoms with van der Waals surface area (Å²) in [5, 5.41) is 9.18. The Kier molecular flexibility index (Phi) is 6.39. The Bertz CT molecular complexity index is 1780. The Morgan fingerprint density at radius 1 is 0.973 bits per heavy atom. The predicted octanol–water partition coefficient (Wildman–Crippen LogP) is 6.25. The van der Waals surface area contributed by atoms with E-state index in [1.54, 1.807) is 54.1 Å². The summed E-state index contributed by atoms with van der Waals surface area (Å²) in [6.45, 7) is 3.60. The molecular formula is C26H20Cl2FN5O2S. The van der Waals surface area contributed by atoms with Gasteiger partial charge in [-0.25, -0.2) is 22.5 Å². The second kappa shape index (κ2) is 9.41. The predicted molar refractivity (Wildman–Crippen MR) is 142 cm³/mol. The highest BCUT2D eigenvalue weighted by Gasteiger charge is 2.22. The summed E-state index contributed by atoms with van der Waals surface area (Å²) in [6.07, 6.45) is 4.38. The number of hydrogen-bond acceptors (Lipinski definition) is 5. The third-order valence-corrected chi connectivity index (χ3v) is 7.53. The Morgan fingerprint density at radius 3 is 2.43 bits per heavy atom. The van der Waals surface area contributed by atoms with Gasteiger partial charge in [-0.2, -0.15) is 0 Å². The van der Waals surface area contributed by atoms with Crippen LogP contribution in [0.15, 0.2) is 71.9 Å². The zero-order valence-corrected chi connectivity index (χ0v) is 22.3. The van der Waals surface area contributed by atoms with Crippen molar-refractivity contribution in [3.63, 3.8) is 0 Å². The average Bonchev–Trinajstić information content (AvgIpc) is 3.44. The quantitative estimate of drug-likeness (QED) is 0.256. The largest absolute Gasteiger partial charge is 0.299 e. The third-order valence-electron chi connectivity index (χ3n) is 5.87. The van der Waals surface area contributed by atoms with Crippen LogP contribution < -0.4 is 0 Å². The normalized spacial score (nSPS) is 11.7. The summed E-state index contributed by atoms with van der Waals surface area (Å²) in [5.41, 5.74) is 3.38. The highest BCUT2D eigenvalue weighted by molar-refractivity contribution is 7.90. The maximum atomic E-state index is 16.0. The number of imidazole rings is 1. The van der Waals surface area contributed by atoms with Crippen LogP contribution in [-0.2, 0) is 9.84 Å². The van der Waals surface area contributed by atoms with E-state index in [1.165, 1.54) is 29.1 Å². The number of nitrogens with zero attached hydrogens (tertiary/aromatic N) is 5. The van der Waals surface area contributed by atoms with E-state index in [-0.39, 0.29) is 10.6 Å². The molecule has 3 aromatic carbocycles. The number of sulfone groups is 1. The number of aryl methyl sites for hydroxylation is 2. The average molecular weight is 556 g/mol. The van der Waals surface area contributed by atoms with Gasteiger partial charge < -0.3 is 0 Å². The van der Waals surface area contributed by atoms with E-state index in [1.807, 2.05) is 6.92 Å². The Balaban J connectivity index is 1.80. The summed E-state index contributed by atoms with van der Waals surface area (Å²) < 4.78 is 43.4. The second-order valence-electron chi connectivity index (χ2n) is 8.58. The molecule has 0 amide bonds. The molecule has 11 heteroatoms. The smallest absolute Gasteiger partial charge is 0.175 e. The Labute approximate surface area is 223 Å². The fourth-order valence-corrected chi connectivity index (χ4v) is 5.37. The first-order valence-electron chi connectivity index (χ1n) is 11.1. The molecule has 0 unspecified atom stereocenters. The topological polar surface area (TPSA) is 82.7 Å². The van der Waals surface area contributed by atoms with Crippen LogP contribution in [0.3, 0.4) is 0 Å². The Hall–Kier alpha value is -3.53. The Morgan fingerprint density at radius 2 is 1.76 bits per heavy atom. The molecule has 0 saturated carbocycles.